The van der Waals surface area contributed by atoms with Crippen molar-refractivity contribution in [3.05, 3.63) is 10.4 Å². The van der Waals surface area contributed by atoms with Crippen LogP contribution in [0.25, 0.3) is 10.4 Å². The number of carbonyl (C=O) groups is 1. The molecule has 16 heavy (non-hydrogen) atoms. The Balaban J connectivity index is 2.16. The predicted octanol–water partition coefficient (Wildman–Crippen LogP) is 2.26. The molecule has 0 aromatic carbocycles. The second-order valence-corrected chi connectivity index (χ2v) is 3.61. The van der Waals surface area contributed by atoms with Crippen LogP contribution >= 0.6 is 0 Å². The van der Waals surface area contributed by atoms with E-state index in [1.165, 1.54) is 4.90 Å². The van der Waals surface area contributed by atoms with Crippen molar-refractivity contribution in [3.8, 4) is 0 Å². The standard InChI is InChI=1S/C9H15FN4O2/c10-8-3-1-5-14(7-8)9(15)16-6-2-4-12-13-11/h8H,1-7H2. The van der Waals surface area contributed by atoms with Crippen LogP contribution in [0.3, 0.4) is 0 Å². The normalized spacial score (nSPS) is 20.1. The molecule has 0 aliphatic carbocycles. The number of likely N-dealkylation sites (tertiary alicyclic amines) is 1. The van der Waals surface area contributed by atoms with E-state index in [1.807, 2.05) is 0 Å². The van der Waals surface area contributed by atoms with Crippen LogP contribution in [-0.2, 0) is 4.74 Å². The van der Waals surface area contributed by atoms with E-state index in [2.05, 4.69) is 10.0 Å². The Morgan fingerprint density at radius 3 is 3.19 bits per heavy atom. The first-order chi connectivity index (χ1) is 7.74. The summed E-state index contributed by atoms with van der Waals surface area (Å²) in [4.78, 5) is 15.4. The van der Waals surface area contributed by atoms with Crippen molar-refractivity contribution >= 4 is 6.09 Å². The lowest BCUT2D eigenvalue weighted by atomic mass is 10.1. The van der Waals surface area contributed by atoms with E-state index in [-0.39, 0.29) is 13.2 Å². The van der Waals surface area contributed by atoms with Crippen molar-refractivity contribution in [2.24, 2.45) is 5.11 Å². The number of azide groups is 1. The lowest BCUT2D eigenvalue weighted by molar-refractivity contribution is 0.0762. The maximum atomic E-state index is 13.0. The van der Waals surface area contributed by atoms with E-state index in [1.54, 1.807) is 0 Å². The third-order valence-corrected chi connectivity index (χ3v) is 2.31. The van der Waals surface area contributed by atoms with Crippen LogP contribution in [0.5, 0.6) is 0 Å². The van der Waals surface area contributed by atoms with Gasteiger partial charge in [-0.05, 0) is 24.8 Å². The third-order valence-electron chi connectivity index (χ3n) is 2.31. The number of nitrogens with zero attached hydrogens (tertiary/aromatic N) is 4. The molecule has 0 spiro atoms. The molecule has 0 aromatic heterocycles. The zero-order valence-electron chi connectivity index (χ0n) is 9.01. The summed E-state index contributed by atoms with van der Waals surface area (Å²) in [7, 11) is 0. The zero-order chi connectivity index (χ0) is 11.8. The molecule has 90 valence electrons. The van der Waals surface area contributed by atoms with Crippen LogP contribution in [0.4, 0.5) is 9.18 Å². The number of rotatable bonds is 4. The van der Waals surface area contributed by atoms with Crippen molar-refractivity contribution < 1.29 is 13.9 Å². The van der Waals surface area contributed by atoms with E-state index in [0.717, 1.165) is 0 Å². The molecule has 1 heterocycles. The van der Waals surface area contributed by atoms with Crippen LogP contribution in [0.1, 0.15) is 19.3 Å². The second-order valence-electron chi connectivity index (χ2n) is 3.61. The van der Waals surface area contributed by atoms with Crippen molar-refractivity contribution in [1.82, 2.24) is 4.90 Å². The van der Waals surface area contributed by atoms with Gasteiger partial charge in [0.25, 0.3) is 0 Å². The highest BCUT2D eigenvalue weighted by molar-refractivity contribution is 5.67. The van der Waals surface area contributed by atoms with Crippen molar-refractivity contribution in [2.45, 2.75) is 25.4 Å². The molecule has 1 amide bonds. The first kappa shape index (κ1) is 12.6. The van der Waals surface area contributed by atoms with Gasteiger partial charge < -0.3 is 9.64 Å². The Morgan fingerprint density at radius 1 is 1.69 bits per heavy atom. The van der Waals surface area contributed by atoms with Crippen LogP contribution in [0, 0.1) is 0 Å². The van der Waals surface area contributed by atoms with E-state index in [9.17, 15) is 9.18 Å². The van der Waals surface area contributed by atoms with Crippen LogP contribution < -0.4 is 0 Å². The number of alkyl halides is 1. The van der Waals surface area contributed by atoms with E-state index in [0.29, 0.717) is 32.4 Å². The highest BCUT2D eigenvalue weighted by Gasteiger charge is 2.23. The maximum Gasteiger partial charge on any atom is 0.409 e. The Bertz CT molecular complexity index is 281. The van der Waals surface area contributed by atoms with Gasteiger partial charge in [-0.25, -0.2) is 9.18 Å². The van der Waals surface area contributed by atoms with Gasteiger partial charge in [0.05, 0.1) is 13.2 Å². The molecule has 0 saturated carbocycles. The molecule has 1 fully saturated rings. The first-order valence-electron chi connectivity index (χ1n) is 5.30. The number of halogens is 1. The lowest BCUT2D eigenvalue weighted by Gasteiger charge is -2.28. The molecule has 1 rings (SSSR count). The smallest absolute Gasteiger partial charge is 0.409 e. The molecule has 0 radical (unpaired) electrons. The first-order valence-corrected chi connectivity index (χ1v) is 5.30. The fourth-order valence-corrected chi connectivity index (χ4v) is 1.52. The summed E-state index contributed by atoms with van der Waals surface area (Å²) in [5.74, 6) is 0. The SMILES string of the molecule is [N-]=[N+]=NCCCOC(=O)N1CCCC(F)C1. The topological polar surface area (TPSA) is 78.3 Å². The number of ether oxygens (including phenoxy) is 1. The fourth-order valence-electron chi connectivity index (χ4n) is 1.52. The Hall–Kier alpha value is -1.49. The summed E-state index contributed by atoms with van der Waals surface area (Å²) < 4.78 is 17.9. The molecule has 0 N–H and O–H groups in total. The van der Waals surface area contributed by atoms with E-state index >= 15 is 0 Å². The third kappa shape index (κ3) is 4.35. The highest BCUT2D eigenvalue weighted by atomic mass is 19.1. The summed E-state index contributed by atoms with van der Waals surface area (Å²) >= 11 is 0. The average molecular weight is 230 g/mol. The minimum absolute atomic E-state index is 0.120. The zero-order valence-corrected chi connectivity index (χ0v) is 9.01. The van der Waals surface area contributed by atoms with Gasteiger partial charge in [0.1, 0.15) is 6.17 Å². The van der Waals surface area contributed by atoms with Crippen LogP contribution in [-0.4, -0.2) is 43.4 Å². The minimum atomic E-state index is -0.940. The predicted molar refractivity (Wildman–Crippen MR) is 55.7 cm³/mol. The molecule has 1 saturated heterocycles. The summed E-state index contributed by atoms with van der Waals surface area (Å²) in [5, 5.41) is 3.31. The Kier molecular flexibility index (Phi) is 5.42. The molecule has 1 unspecified atom stereocenters. The number of hydrogen-bond acceptors (Lipinski definition) is 3. The average Bonchev–Trinajstić information content (AvgIpc) is 2.28. The number of carbonyl (C=O) groups excluding carboxylic acids is 1. The highest BCUT2D eigenvalue weighted by Crippen LogP contribution is 2.13. The maximum absolute atomic E-state index is 13.0. The van der Waals surface area contributed by atoms with Gasteiger partial charge in [-0.15, -0.1) is 0 Å². The summed E-state index contributed by atoms with van der Waals surface area (Å²) in [6.07, 6.45) is 0.256. The van der Waals surface area contributed by atoms with E-state index < -0.39 is 12.3 Å². The molecular formula is C9H15FN4O2. The fraction of sp³-hybridized carbons (Fsp3) is 0.889. The van der Waals surface area contributed by atoms with Gasteiger partial charge in [-0.3, -0.25) is 0 Å². The van der Waals surface area contributed by atoms with Gasteiger partial charge in [-0.1, -0.05) is 5.11 Å². The van der Waals surface area contributed by atoms with Gasteiger partial charge in [0, 0.05) is 18.0 Å². The second kappa shape index (κ2) is 6.90. The van der Waals surface area contributed by atoms with Crippen LogP contribution in [0.15, 0.2) is 5.11 Å². The number of amides is 1. The quantitative estimate of drug-likeness (QED) is 0.321. The summed E-state index contributed by atoms with van der Waals surface area (Å²) in [5.41, 5.74) is 8.01. The van der Waals surface area contributed by atoms with Gasteiger partial charge >= 0.3 is 6.09 Å². The van der Waals surface area contributed by atoms with Gasteiger partial charge in [0.2, 0.25) is 0 Å². The Morgan fingerprint density at radius 2 is 2.50 bits per heavy atom. The summed E-state index contributed by atoms with van der Waals surface area (Å²) in [6, 6.07) is 0. The number of hydrogen-bond donors (Lipinski definition) is 0. The molecule has 7 heteroatoms. The van der Waals surface area contributed by atoms with E-state index in [4.69, 9.17) is 10.3 Å². The largest absolute Gasteiger partial charge is 0.449 e. The lowest BCUT2D eigenvalue weighted by Crippen LogP contribution is -2.41. The summed E-state index contributed by atoms with van der Waals surface area (Å²) in [6.45, 7) is 1.17. The number of piperidine rings is 1. The monoisotopic (exact) mass is 230 g/mol. The molecule has 1 aliphatic heterocycles. The van der Waals surface area contributed by atoms with Crippen molar-refractivity contribution in [2.75, 3.05) is 26.2 Å². The molecule has 0 aromatic rings. The molecule has 6 nitrogen and oxygen atoms in total. The molecular weight excluding hydrogens is 215 g/mol. The Labute approximate surface area is 93.0 Å². The van der Waals surface area contributed by atoms with Crippen molar-refractivity contribution in [3.63, 3.8) is 0 Å². The molecule has 1 atom stereocenters. The van der Waals surface area contributed by atoms with Gasteiger partial charge in [-0.2, -0.15) is 0 Å². The minimum Gasteiger partial charge on any atom is -0.449 e. The molecule has 1 aliphatic rings. The van der Waals surface area contributed by atoms with Crippen LogP contribution in [0.2, 0.25) is 0 Å². The molecule has 0 bridgehead atoms. The van der Waals surface area contributed by atoms with Crippen molar-refractivity contribution in [1.29, 1.82) is 0 Å². The van der Waals surface area contributed by atoms with Gasteiger partial charge in [0.15, 0.2) is 0 Å².